The Labute approximate surface area is 143 Å². The molecule has 0 aliphatic carbocycles. The Hall–Kier alpha value is -3.21. The normalized spacial score (nSPS) is 11.3. The lowest BCUT2D eigenvalue weighted by atomic mass is 10.1. The van der Waals surface area contributed by atoms with Gasteiger partial charge in [0.2, 0.25) is 5.91 Å². The van der Waals surface area contributed by atoms with Gasteiger partial charge in [-0.2, -0.15) is 0 Å². The zero-order chi connectivity index (χ0) is 19.0. The summed E-state index contributed by atoms with van der Waals surface area (Å²) < 4.78 is 0. The molecule has 1 atom stereocenters. The smallest absolute Gasteiger partial charge is 0.282 e. The van der Waals surface area contributed by atoms with Gasteiger partial charge < -0.3 is 27.8 Å². The number of hydrogen-bond acceptors (Lipinski definition) is 6. The third-order valence-corrected chi connectivity index (χ3v) is 3.24. The molecule has 0 bridgehead atoms. The van der Waals surface area contributed by atoms with Gasteiger partial charge in [-0.1, -0.05) is 0 Å². The summed E-state index contributed by atoms with van der Waals surface area (Å²) in [5, 5.41) is 15.8. The molecule has 11 nitrogen and oxygen atoms in total. The fraction of sp³-hybridized carbons (Fsp3) is 0.357. The summed E-state index contributed by atoms with van der Waals surface area (Å²) in [5.41, 5.74) is 15.9. The number of guanidine groups is 1. The molecule has 1 aromatic rings. The van der Waals surface area contributed by atoms with Crippen molar-refractivity contribution < 1.29 is 14.5 Å². The third kappa shape index (κ3) is 6.06. The monoisotopic (exact) mass is 351 g/mol. The number of nitrogens with one attached hydrogen (secondary N) is 2. The van der Waals surface area contributed by atoms with Crippen LogP contribution in [0.3, 0.4) is 0 Å². The molecule has 0 fully saturated rings. The molecule has 0 unspecified atom stereocenters. The van der Waals surface area contributed by atoms with Gasteiger partial charge in [-0.25, -0.2) is 0 Å². The summed E-state index contributed by atoms with van der Waals surface area (Å²) in [7, 11) is 1.35. The zero-order valence-electron chi connectivity index (χ0n) is 13.7. The van der Waals surface area contributed by atoms with E-state index >= 15 is 0 Å². The summed E-state index contributed by atoms with van der Waals surface area (Å²) in [6.07, 6.45) is 0.855. The van der Waals surface area contributed by atoms with Gasteiger partial charge in [0.25, 0.3) is 11.6 Å². The van der Waals surface area contributed by atoms with E-state index in [4.69, 9.17) is 17.2 Å². The largest absolute Gasteiger partial charge is 0.370 e. The molecule has 11 heteroatoms. The molecule has 136 valence electrons. The molecule has 8 N–H and O–H groups in total. The first-order valence-corrected chi connectivity index (χ1v) is 7.38. The predicted molar refractivity (Wildman–Crippen MR) is 93.0 cm³/mol. The van der Waals surface area contributed by atoms with E-state index < -0.39 is 22.8 Å². The maximum absolute atomic E-state index is 12.1. The number of benzene rings is 1. The van der Waals surface area contributed by atoms with Crippen LogP contribution >= 0.6 is 0 Å². The number of rotatable bonds is 8. The van der Waals surface area contributed by atoms with E-state index in [9.17, 15) is 19.7 Å². The van der Waals surface area contributed by atoms with Crippen LogP contribution in [0.15, 0.2) is 23.2 Å². The van der Waals surface area contributed by atoms with Crippen LogP contribution in [0.5, 0.6) is 0 Å². The van der Waals surface area contributed by atoms with Crippen molar-refractivity contribution in [2.75, 3.05) is 18.9 Å². The van der Waals surface area contributed by atoms with E-state index in [0.717, 1.165) is 6.07 Å². The number of aliphatic imine (C=N–C) groups is 1. The highest BCUT2D eigenvalue weighted by molar-refractivity contribution is 6.01. The molecular weight excluding hydrogens is 330 g/mol. The van der Waals surface area contributed by atoms with Gasteiger partial charge in [0.15, 0.2) is 5.96 Å². The van der Waals surface area contributed by atoms with Crippen molar-refractivity contribution >= 4 is 29.1 Å². The number of carbonyl (C=O) groups is 2. The van der Waals surface area contributed by atoms with Crippen molar-refractivity contribution in [1.82, 2.24) is 5.32 Å². The Balaban J connectivity index is 2.78. The second-order valence-corrected chi connectivity index (χ2v) is 5.11. The molecule has 2 amide bonds. The standard InChI is InChI=1S/C14H21N7O4/c1-18-12(22)9-7-8(4-5-11(9)21(24)25)20-13(23)10(15)3-2-6-19-14(16)17/h4-5,7,10H,2-3,6,15H2,1H3,(H,18,22)(H,20,23)(H4,16,17,19)/t10-/m0/s1. The summed E-state index contributed by atoms with van der Waals surface area (Å²) in [6.45, 7) is 0.349. The van der Waals surface area contributed by atoms with Crippen molar-refractivity contribution in [3.8, 4) is 0 Å². The van der Waals surface area contributed by atoms with E-state index in [1.54, 1.807) is 0 Å². The number of amides is 2. The van der Waals surface area contributed by atoms with Gasteiger partial charge in [-0.05, 0) is 25.0 Å². The minimum atomic E-state index is -0.812. The SMILES string of the molecule is CNC(=O)c1cc(NC(=O)[C@@H](N)CCCN=C(N)N)ccc1[N+](=O)[O-]. The number of hydrogen-bond donors (Lipinski definition) is 5. The van der Waals surface area contributed by atoms with Gasteiger partial charge in [-0.3, -0.25) is 24.7 Å². The number of nitrogens with two attached hydrogens (primary N) is 3. The fourth-order valence-corrected chi connectivity index (χ4v) is 1.97. The molecule has 0 aliphatic heterocycles. The van der Waals surface area contributed by atoms with Crippen LogP contribution in [-0.4, -0.2) is 42.3 Å². The van der Waals surface area contributed by atoms with Crippen molar-refractivity contribution in [3.05, 3.63) is 33.9 Å². The molecule has 0 aromatic heterocycles. The van der Waals surface area contributed by atoms with E-state index in [1.807, 2.05) is 0 Å². The van der Waals surface area contributed by atoms with Crippen LogP contribution in [0.2, 0.25) is 0 Å². The predicted octanol–water partition coefficient (Wildman–Crippen LogP) is -0.726. The Bertz CT molecular complexity index is 686. The minimum Gasteiger partial charge on any atom is -0.370 e. The highest BCUT2D eigenvalue weighted by Gasteiger charge is 2.21. The van der Waals surface area contributed by atoms with Crippen molar-refractivity contribution in [3.63, 3.8) is 0 Å². The molecule has 0 saturated heterocycles. The second kappa shape index (κ2) is 9.17. The second-order valence-electron chi connectivity index (χ2n) is 5.11. The zero-order valence-corrected chi connectivity index (χ0v) is 13.7. The van der Waals surface area contributed by atoms with Crippen LogP contribution < -0.4 is 27.8 Å². The Morgan fingerprint density at radius 2 is 2.04 bits per heavy atom. The van der Waals surface area contributed by atoms with E-state index in [2.05, 4.69) is 15.6 Å². The maximum Gasteiger partial charge on any atom is 0.282 e. The summed E-state index contributed by atoms with van der Waals surface area (Å²) in [5.74, 6) is -1.16. The number of carbonyl (C=O) groups excluding carboxylic acids is 2. The summed E-state index contributed by atoms with van der Waals surface area (Å²) >= 11 is 0. The lowest BCUT2D eigenvalue weighted by Gasteiger charge is -2.12. The Morgan fingerprint density at radius 3 is 2.60 bits per heavy atom. The van der Waals surface area contributed by atoms with Crippen LogP contribution in [0.4, 0.5) is 11.4 Å². The first-order valence-electron chi connectivity index (χ1n) is 7.38. The first kappa shape index (κ1) is 19.8. The Morgan fingerprint density at radius 1 is 1.36 bits per heavy atom. The molecule has 0 radical (unpaired) electrons. The molecule has 0 aliphatic rings. The fourth-order valence-electron chi connectivity index (χ4n) is 1.97. The summed E-state index contributed by atoms with van der Waals surface area (Å²) in [6, 6.07) is 2.88. The molecule has 0 heterocycles. The topological polar surface area (TPSA) is 192 Å². The van der Waals surface area contributed by atoms with Gasteiger partial charge in [0.1, 0.15) is 5.56 Å². The Kier molecular flexibility index (Phi) is 7.28. The van der Waals surface area contributed by atoms with Gasteiger partial charge in [0, 0.05) is 25.3 Å². The summed E-state index contributed by atoms with van der Waals surface area (Å²) in [4.78, 5) is 37.9. The molecular formula is C14H21N7O4. The van der Waals surface area contributed by atoms with Crippen molar-refractivity contribution in [1.29, 1.82) is 0 Å². The molecule has 25 heavy (non-hydrogen) atoms. The van der Waals surface area contributed by atoms with E-state index in [-0.39, 0.29) is 22.9 Å². The third-order valence-electron chi connectivity index (χ3n) is 3.24. The highest BCUT2D eigenvalue weighted by atomic mass is 16.6. The van der Waals surface area contributed by atoms with Crippen LogP contribution in [0, 0.1) is 10.1 Å². The lowest BCUT2D eigenvalue weighted by Crippen LogP contribution is -2.35. The molecule has 1 aromatic carbocycles. The quantitative estimate of drug-likeness (QED) is 0.134. The van der Waals surface area contributed by atoms with E-state index in [1.165, 1.54) is 19.2 Å². The average molecular weight is 351 g/mol. The minimum absolute atomic E-state index is 0.0365. The number of nitro benzene ring substituents is 1. The van der Waals surface area contributed by atoms with Gasteiger partial charge in [-0.15, -0.1) is 0 Å². The van der Waals surface area contributed by atoms with Crippen LogP contribution in [0.1, 0.15) is 23.2 Å². The van der Waals surface area contributed by atoms with Crippen LogP contribution in [0.25, 0.3) is 0 Å². The lowest BCUT2D eigenvalue weighted by molar-refractivity contribution is -0.385. The molecule has 0 spiro atoms. The molecule has 1 rings (SSSR count). The van der Waals surface area contributed by atoms with Gasteiger partial charge >= 0.3 is 0 Å². The number of anilines is 1. The molecule has 0 saturated carbocycles. The van der Waals surface area contributed by atoms with Crippen LogP contribution in [-0.2, 0) is 4.79 Å². The van der Waals surface area contributed by atoms with Crippen molar-refractivity contribution in [2.24, 2.45) is 22.2 Å². The van der Waals surface area contributed by atoms with Gasteiger partial charge in [0.05, 0.1) is 11.0 Å². The number of nitrogens with zero attached hydrogens (tertiary/aromatic N) is 2. The maximum atomic E-state index is 12.1. The first-order chi connectivity index (χ1) is 11.8. The van der Waals surface area contributed by atoms with Crippen molar-refractivity contribution in [2.45, 2.75) is 18.9 Å². The highest BCUT2D eigenvalue weighted by Crippen LogP contribution is 2.22. The van der Waals surface area contributed by atoms with E-state index in [0.29, 0.717) is 19.4 Å². The average Bonchev–Trinajstić information content (AvgIpc) is 2.57. The number of nitro groups is 1.